The molecule has 112 valence electrons. The first-order valence-electron chi connectivity index (χ1n) is 7.73. The number of allylic oxidation sites excluding steroid dienone is 1. The maximum absolute atomic E-state index is 3.52. The highest BCUT2D eigenvalue weighted by Crippen LogP contribution is 2.05. The minimum absolute atomic E-state index is 1.40. The van der Waals surface area contributed by atoms with Crippen LogP contribution in [0.5, 0.6) is 0 Å². The molecule has 2 aromatic carbocycles. The van der Waals surface area contributed by atoms with E-state index in [0.29, 0.717) is 0 Å². The summed E-state index contributed by atoms with van der Waals surface area (Å²) in [7, 11) is -3.17. The summed E-state index contributed by atoms with van der Waals surface area (Å²) in [6, 6.07) is 21.4. The van der Waals surface area contributed by atoms with Crippen LogP contribution < -0.4 is 10.4 Å². The van der Waals surface area contributed by atoms with Crippen LogP contribution in [0, 0.1) is 11.5 Å². The zero-order valence-electron chi connectivity index (χ0n) is 13.9. The maximum atomic E-state index is 3.52. The van der Waals surface area contributed by atoms with E-state index in [1.54, 1.807) is 0 Å². The van der Waals surface area contributed by atoms with E-state index >= 15 is 0 Å². The molecule has 0 bridgehead atoms. The minimum atomic E-state index is -1.65. The Balaban J connectivity index is 2.13. The molecule has 0 atom stereocenters. The molecule has 2 rings (SSSR count). The molecule has 0 unspecified atom stereocenters. The molecule has 2 heteroatoms. The molecule has 0 saturated carbocycles. The third-order valence-electron chi connectivity index (χ3n) is 3.98. The average molecular weight is 321 g/mol. The van der Waals surface area contributed by atoms with Crippen LogP contribution in [0.2, 0.25) is 26.2 Å². The van der Waals surface area contributed by atoms with Gasteiger partial charge in [-0.3, -0.25) is 0 Å². The van der Waals surface area contributed by atoms with Crippen LogP contribution in [-0.4, -0.2) is 16.1 Å². The molecule has 0 spiro atoms. The topological polar surface area (TPSA) is 0 Å². The highest BCUT2D eigenvalue weighted by atomic mass is 28.3. The molecule has 22 heavy (non-hydrogen) atoms. The second-order valence-electron chi connectivity index (χ2n) is 6.68. The van der Waals surface area contributed by atoms with Gasteiger partial charge in [0.2, 0.25) is 0 Å². The van der Waals surface area contributed by atoms with Gasteiger partial charge in [-0.1, -0.05) is 104 Å². The van der Waals surface area contributed by atoms with Gasteiger partial charge in [0.05, 0.1) is 0 Å². The molecule has 0 nitrogen and oxygen atoms in total. The van der Waals surface area contributed by atoms with Gasteiger partial charge in [0.15, 0.2) is 8.07 Å². The quantitative estimate of drug-likeness (QED) is 0.595. The largest absolute Gasteiger partial charge is 0.163 e. The van der Waals surface area contributed by atoms with Gasteiger partial charge in [0, 0.05) is 0 Å². The molecular formula is C20H24Si2. The van der Waals surface area contributed by atoms with E-state index in [2.05, 4.69) is 110 Å². The van der Waals surface area contributed by atoms with Gasteiger partial charge in [-0.25, -0.2) is 0 Å². The molecule has 0 amide bonds. The van der Waals surface area contributed by atoms with Crippen molar-refractivity contribution in [1.29, 1.82) is 0 Å². The van der Waals surface area contributed by atoms with Crippen LogP contribution in [0.4, 0.5) is 0 Å². The highest BCUT2D eigenvalue weighted by molar-refractivity contribution is 6.96. The summed E-state index contributed by atoms with van der Waals surface area (Å²) in [6.07, 6.45) is 2.08. The lowest BCUT2D eigenvalue weighted by molar-refractivity contribution is 1.71. The Morgan fingerprint density at radius 2 is 1.23 bits per heavy atom. The molecule has 0 aromatic heterocycles. The Hall–Kier alpha value is -1.83. The second-order valence-corrected chi connectivity index (χ2v) is 15.1. The van der Waals surface area contributed by atoms with Crippen molar-refractivity contribution in [3.05, 3.63) is 72.4 Å². The van der Waals surface area contributed by atoms with E-state index in [1.807, 2.05) is 0 Å². The summed E-state index contributed by atoms with van der Waals surface area (Å²) < 4.78 is 0. The van der Waals surface area contributed by atoms with Crippen LogP contribution in [0.25, 0.3) is 0 Å². The van der Waals surface area contributed by atoms with Crippen molar-refractivity contribution in [3.8, 4) is 11.5 Å². The normalized spacial score (nSPS) is 12.0. The Kier molecular flexibility index (Phi) is 5.23. The van der Waals surface area contributed by atoms with E-state index in [4.69, 9.17) is 0 Å². The summed E-state index contributed by atoms with van der Waals surface area (Å²) in [5, 5.41) is 2.85. The fourth-order valence-electron chi connectivity index (χ4n) is 2.36. The lowest BCUT2D eigenvalue weighted by Crippen LogP contribution is -2.40. The van der Waals surface area contributed by atoms with Crippen LogP contribution in [0.15, 0.2) is 72.4 Å². The van der Waals surface area contributed by atoms with Gasteiger partial charge < -0.3 is 0 Å². The standard InChI is InChI=1S/C20H24Si2/c1-21(2,19-13-7-5-8-14-19)17-11-12-18-22(3,4)20-15-9-6-10-16-20/h5-11,13-17H,1-4H3/b17-11+. The van der Waals surface area contributed by atoms with Gasteiger partial charge in [-0.2, -0.15) is 0 Å². The van der Waals surface area contributed by atoms with Crippen molar-refractivity contribution >= 4 is 26.5 Å². The first kappa shape index (κ1) is 16.5. The maximum Gasteiger partial charge on any atom is 0.163 e. The Morgan fingerprint density at radius 1 is 0.727 bits per heavy atom. The van der Waals surface area contributed by atoms with Crippen LogP contribution >= 0.6 is 0 Å². The Bertz CT molecular complexity index is 687. The third-order valence-corrected chi connectivity index (χ3v) is 9.35. The van der Waals surface area contributed by atoms with Crippen molar-refractivity contribution in [2.45, 2.75) is 26.2 Å². The summed E-state index contributed by atoms with van der Waals surface area (Å²) in [5.74, 6) is 3.32. The van der Waals surface area contributed by atoms with Gasteiger partial charge in [-0.15, -0.1) is 5.54 Å². The SMILES string of the molecule is C[Si](C)(C#C/C=C/[Si](C)(C)c1ccccc1)c1ccccc1. The van der Waals surface area contributed by atoms with E-state index in [-0.39, 0.29) is 0 Å². The van der Waals surface area contributed by atoms with Gasteiger partial charge >= 0.3 is 0 Å². The van der Waals surface area contributed by atoms with E-state index in [1.165, 1.54) is 10.4 Å². The van der Waals surface area contributed by atoms with Crippen LogP contribution in [-0.2, 0) is 0 Å². The van der Waals surface area contributed by atoms with Crippen LogP contribution in [0.3, 0.4) is 0 Å². The number of hydrogen-bond acceptors (Lipinski definition) is 0. The molecule has 0 aliphatic rings. The van der Waals surface area contributed by atoms with Gasteiger partial charge in [0.25, 0.3) is 0 Å². The molecule has 0 saturated heterocycles. The lowest BCUT2D eigenvalue weighted by atomic mass is 10.4. The first-order chi connectivity index (χ1) is 10.4. The van der Waals surface area contributed by atoms with Gasteiger partial charge in [-0.05, 0) is 11.3 Å². The average Bonchev–Trinajstić information content (AvgIpc) is 2.53. The van der Waals surface area contributed by atoms with Gasteiger partial charge in [0.1, 0.15) is 8.07 Å². The van der Waals surface area contributed by atoms with Crippen LogP contribution in [0.1, 0.15) is 0 Å². The third kappa shape index (κ3) is 4.33. The minimum Gasteiger partial charge on any atom is -0.121 e. The summed E-state index contributed by atoms with van der Waals surface area (Å²) in [4.78, 5) is 0. The fourth-order valence-corrected chi connectivity index (χ4v) is 5.72. The van der Waals surface area contributed by atoms with E-state index in [9.17, 15) is 0 Å². The van der Waals surface area contributed by atoms with Crippen molar-refractivity contribution in [3.63, 3.8) is 0 Å². The second kappa shape index (κ2) is 6.96. The summed E-state index contributed by atoms with van der Waals surface area (Å²) >= 11 is 0. The smallest absolute Gasteiger partial charge is 0.121 e. The Morgan fingerprint density at radius 3 is 1.77 bits per heavy atom. The lowest BCUT2D eigenvalue weighted by Gasteiger charge is -2.17. The molecule has 0 aliphatic carbocycles. The molecule has 0 heterocycles. The Labute approximate surface area is 136 Å². The van der Waals surface area contributed by atoms with Crippen molar-refractivity contribution in [1.82, 2.24) is 0 Å². The van der Waals surface area contributed by atoms with Crippen molar-refractivity contribution in [2.24, 2.45) is 0 Å². The van der Waals surface area contributed by atoms with Crippen molar-refractivity contribution in [2.75, 3.05) is 0 Å². The molecule has 2 aromatic rings. The number of rotatable bonds is 3. The molecular weight excluding hydrogens is 296 g/mol. The predicted molar refractivity (Wildman–Crippen MR) is 104 cm³/mol. The monoisotopic (exact) mass is 320 g/mol. The number of benzene rings is 2. The molecule has 0 N–H and O–H groups in total. The van der Waals surface area contributed by atoms with E-state index < -0.39 is 16.1 Å². The zero-order valence-corrected chi connectivity index (χ0v) is 15.9. The summed E-state index contributed by atoms with van der Waals surface area (Å²) in [6.45, 7) is 9.34. The number of hydrogen-bond donors (Lipinski definition) is 0. The van der Waals surface area contributed by atoms with E-state index in [0.717, 1.165) is 0 Å². The molecule has 0 aliphatic heterocycles. The van der Waals surface area contributed by atoms with Crippen molar-refractivity contribution < 1.29 is 0 Å². The molecule has 0 radical (unpaired) electrons. The fraction of sp³-hybridized carbons (Fsp3) is 0.200. The zero-order chi connectivity index (χ0) is 16.1. The molecule has 0 fully saturated rings. The predicted octanol–water partition coefficient (Wildman–Crippen LogP) is 3.86. The highest BCUT2D eigenvalue weighted by Gasteiger charge is 2.20. The summed E-state index contributed by atoms with van der Waals surface area (Å²) in [5.41, 5.74) is 5.86. The first-order valence-corrected chi connectivity index (χ1v) is 13.8.